The number of anilines is 2. The summed E-state index contributed by atoms with van der Waals surface area (Å²) in [7, 11) is -1.56. The van der Waals surface area contributed by atoms with Crippen LogP contribution in [0.5, 0.6) is 5.75 Å². The second-order valence-electron chi connectivity index (χ2n) is 7.86. The Morgan fingerprint density at radius 1 is 1.03 bits per heavy atom. The topological polar surface area (TPSA) is 119 Å². The highest BCUT2D eigenvalue weighted by Crippen LogP contribution is 2.31. The standard InChI is InChI=1S/C23H24N4O5S/c1-15(28)24-17-5-7-18(8-6-17)25-23(29)21-13-22(16-3-9-20(32-2)10-4-16)27(26-21)19-11-12-33(30,31)14-19/h3-10,13,19H,11-12,14H2,1-2H3,(H,24,28)(H,25,29). The summed E-state index contributed by atoms with van der Waals surface area (Å²) in [5.74, 6) is 0.175. The van der Waals surface area contributed by atoms with Gasteiger partial charge in [0, 0.05) is 23.9 Å². The Labute approximate surface area is 191 Å². The third-order valence-electron chi connectivity index (χ3n) is 5.37. The summed E-state index contributed by atoms with van der Waals surface area (Å²) in [6.45, 7) is 1.42. The molecule has 0 spiro atoms. The molecule has 1 atom stereocenters. The predicted molar refractivity (Wildman–Crippen MR) is 125 cm³/mol. The van der Waals surface area contributed by atoms with Crippen molar-refractivity contribution in [2.75, 3.05) is 29.2 Å². The van der Waals surface area contributed by atoms with Crippen LogP contribution < -0.4 is 15.4 Å². The summed E-state index contributed by atoms with van der Waals surface area (Å²) in [5.41, 5.74) is 2.79. The Balaban J connectivity index is 1.62. The average Bonchev–Trinajstić information content (AvgIpc) is 3.38. The van der Waals surface area contributed by atoms with E-state index in [0.717, 1.165) is 5.56 Å². The van der Waals surface area contributed by atoms with Crippen LogP contribution >= 0.6 is 0 Å². The molecule has 3 aromatic rings. The fourth-order valence-corrected chi connectivity index (χ4v) is 5.46. The Kier molecular flexibility index (Phi) is 6.19. The number of hydrogen-bond acceptors (Lipinski definition) is 6. The molecule has 0 bridgehead atoms. The van der Waals surface area contributed by atoms with E-state index in [-0.39, 0.29) is 29.1 Å². The molecule has 2 amide bonds. The van der Waals surface area contributed by atoms with E-state index in [1.54, 1.807) is 54.3 Å². The van der Waals surface area contributed by atoms with Gasteiger partial charge in [-0.15, -0.1) is 0 Å². The Morgan fingerprint density at radius 2 is 1.67 bits per heavy atom. The molecular formula is C23H24N4O5S. The Bertz CT molecular complexity index is 1280. The lowest BCUT2D eigenvalue weighted by Crippen LogP contribution is -2.16. The lowest BCUT2D eigenvalue weighted by molar-refractivity contribution is -0.114. The molecule has 2 N–H and O–H groups in total. The number of amides is 2. The zero-order chi connectivity index (χ0) is 23.6. The fourth-order valence-electron chi connectivity index (χ4n) is 3.76. The van der Waals surface area contributed by atoms with Gasteiger partial charge in [0.2, 0.25) is 5.91 Å². The number of sulfone groups is 1. The van der Waals surface area contributed by atoms with Crippen molar-refractivity contribution < 1.29 is 22.7 Å². The van der Waals surface area contributed by atoms with E-state index < -0.39 is 15.7 Å². The van der Waals surface area contributed by atoms with Gasteiger partial charge in [-0.25, -0.2) is 8.42 Å². The number of carbonyl (C=O) groups is 2. The summed E-state index contributed by atoms with van der Waals surface area (Å²) < 4.78 is 31.0. The van der Waals surface area contributed by atoms with Crippen molar-refractivity contribution in [3.8, 4) is 17.0 Å². The fraction of sp³-hybridized carbons (Fsp3) is 0.261. The van der Waals surface area contributed by atoms with Crippen molar-refractivity contribution in [2.45, 2.75) is 19.4 Å². The van der Waals surface area contributed by atoms with E-state index in [2.05, 4.69) is 15.7 Å². The normalized spacial score (nSPS) is 16.8. The van der Waals surface area contributed by atoms with Gasteiger partial charge in [0.25, 0.3) is 5.91 Å². The molecule has 1 unspecified atom stereocenters. The molecule has 172 valence electrons. The van der Waals surface area contributed by atoms with E-state index >= 15 is 0 Å². The summed E-state index contributed by atoms with van der Waals surface area (Å²) in [6.07, 6.45) is 0.443. The molecule has 2 aromatic carbocycles. The molecule has 0 aliphatic carbocycles. The van der Waals surface area contributed by atoms with Crippen LogP contribution in [0.2, 0.25) is 0 Å². The highest BCUT2D eigenvalue weighted by molar-refractivity contribution is 7.91. The van der Waals surface area contributed by atoms with Gasteiger partial charge in [-0.3, -0.25) is 14.3 Å². The summed E-state index contributed by atoms with van der Waals surface area (Å²) in [5, 5.41) is 9.94. The summed E-state index contributed by atoms with van der Waals surface area (Å²) in [4.78, 5) is 24.1. The molecule has 10 heteroatoms. The van der Waals surface area contributed by atoms with Gasteiger partial charge in [0.1, 0.15) is 5.75 Å². The second kappa shape index (κ2) is 9.07. The Hall–Kier alpha value is -3.66. The van der Waals surface area contributed by atoms with Gasteiger partial charge in [-0.1, -0.05) is 0 Å². The first-order valence-corrected chi connectivity index (χ1v) is 12.2. The van der Waals surface area contributed by atoms with E-state index in [0.29, 0.717) is 29.2 Å². The molecule has 33 heavy (non-hydrogen) atoms. The number of carbonyl (C=O) groups excluding carboxylic acids is 2. The number of nitrogens with one attached hydrogen (secondary N) is 2. The highest BCUT2D eigenvalue weighted by Gasteiger charge is 2.32. The first-order valence-electron chi connectivity index (χ1n) is 10.4. The minimum absolute atomic E-state index is 0.0104. The average molecular weight is 469 g/mol. The molecule has 0 radical (unpaired) electrons. The predicted octanol–water partition coefficient (Wildman–Crippen LogP) is 3.13. The van der Waals surface area contributed by atoms with E-state index in [9.17, 15) is 18.0 Å². The number of rotatable bonds is 6. The third-order valence-corrected chi connectivity index (χ3v) is 7.12. The van der Waals surface area contributed by atoms with Gasteiger partial charge >= 0.3 is 0 Å². The van der Waals surface area contributed by atoms with Crippen LogP contribution in [-0.2, 0) is 14.6 Å². The lowest BCUT2D eigenvalue weighted by atomic mass is 10.1. The van der Waals surface area contributed by atoms with Crippen molar-refractivity contribution >= 4 is 33.0 Å². The van der Waals surface area contributed by atoms with Crippen LogP contribution in [0.25, 0.3) is 11.3 Å². The molecule has 1 aliphatic rings. The molecule has 1 aromatic heterocycles. The zero-order valence-corrected chi connectivity index (χ0v) is 19.1. The van der Waals surface area contributed by atoms with Crippen molar-refractivity contribution in [3.05, 3.63) is 60.3 Å². The van der Waals surface area contributed by atoms with Gasteiger partial charge in [-0.2, -0.15) is 5.10 Å². The molecule has 1 aliphatic heterocycles. The first-order chi connectivity index (χ1) is 15.7. The number of hydrogen-bond donors (Lipinski definition) is 2. The summed E-state index contributed by atoms with van der Waals surface area (Å²) >= 11 is 0. The molecule has 1 fully saturated rings. The minimum atomic E-state index is -3.14. The summed E-state index contributed by atoms with van der Waals surface area (Å²) in [6, 6.07) is 15.3. The first kappa shape index (κ1) is 22.5. The van der Waals surface area contributed by atoms with Crippen LogP contribution in [0.4, 0.5) is 11.4 Å². The largest absolute Gasteiger partial charge is 0.497 e. The van der Waals surface area contributed by atoms with Gasteiger partial charge < -0.3 is 15.4 Å². The maximum absolute atomic E-state index is 12.9. The third kappa shape index (κ3) is 5.23. The van der Waals surface area contributed by atoms with Crippen molar-refractivity contribution in [2.24, 2.45) is 0 Å². The maximum Gasteiger partial charge on any atom is 0.276 e. The monoisotopic (exact) mass is 468 g/mol. The maximum atomic E-state index is 12.9. The number of benzene rings is 2. The quantitative estimate of drug-likeness (QED) is 0.574. The molecule has 0 saturated carbocycles. The smallest absolute Gasteiger partial charge is 0.276 e. The number of methoxy groups -OCH3 is 1. The molecule has 2 heterocycles. The van der Waals surface area contributed by atoms with Crippen LogP contribution in [-0.4, -0.2) is 48.6 Å². The number of aromatic nitrogens is 2. The number of nitrogens with zero attached hydrogens (tertiary/aromatic N) is 2. The Morgan fingerprint density at radius 3 is 2.21 bits per heavy atom. The van der Waals surface area contributed by atoms with E-state index in [1.165, 1.54) is 6.92 Å². The number of ether oxygens (including phenoxy) is 1. The molecule has 9 nitrogen and oxygen atoms in total. The minimum Gasteiger partial charge on any atom is -0.497 e. The molecular weight excluding hydrogens is 444 g/mol. The SMILES string of the molecule is COc1ccc(-c2cc(C(=O)Nc3ccc(NC(C)=O)cc3)nn2C2CCS(=O)(=O)C2)cc1. The van der Waals surface area contributed by atoms with Gasteiger partial charge in [-0.05, 0) is 61.0 Å². The van der Waals surface area contributed by atoms with Gasteiger partial charge in [0.05, 0.1) is 30.4 Å². The zero-order valence-electron chi connectivity index (χ0n) is 18.2. The van der Waals surface area contributed by atoms with Gasteiger partial charge in [0.15, 0.2) is 15.5 Å². The second-order valence-corrected chi connectivity index (χ2v) is 10.1. The van der Waals surface area contributed by atoms with Crippen molar-refractivity contribution in [3.63, 3.8) is 0 Å². The van der Waals surface area contributed by atoms with Crippen LogP contribution in [0.3, 0.4) is 0 Å². The van der Waals surface area contributed by atoms with E-state index in [4.69, 9.17) is 4.74 Å². The highest BCUT2D eigenvalue weighted by atomic mass is 32.2. The van der Waals surface area contributed by atoms with E-state index in [1.807, 2.05) is 12.1 Å². The van der Waals surface area contributed by atoms with Crippen LogP contribution in [0, 0.1) is 0 Å². The molecule has 1 saturated heterocycles. The lowest BCUT2D eigenvalue weighted by Gasteiger charge is -2.13. The molecule has 4 rings (SSSR count). The van der Waals surface area contributed by atoms with Crippen molar-refractivity contribution in [1.82, 2.24) is 9.78 Å². The van der Waals surface area contributed by atoms with Crippen molar-refractivity contribution in [1.29, 1.82) is 0 Å². The van der Waals surface area contributed by atoms with Crippen LogP contribution in [0.1, 0.15) is 29.9 Å². The van der Waals surface area contributed by atoms with Crippen LogP contribution in [0.15, 0.2) is 54.6 Å².